The quantitative estimate of drug-likeness (QED) is 0.189. The summed E-state index contributed by atoms with van der Waals surface area (Å²) in [6.07, 6.45) is 0. The van der Waals surface area contributed by atoms with E-state index >= 15 is 0 Å². The number of benzene rings is 8. The molecule has 0 radical (unpaired) electrons. The van der Waals surface area contributed by atoms with Gasteiger partial charge in [0.05, 0.1) is 38.8 Å². The van der Waals surface area contributed by atoms with Crippen molar-refractivity contribution in [2.45, 2.75) is 0 Å². The van der Waals surface area contributed by atoms with E-state index in [1.165, 1.54) is 65.3 Å². The first-order valence-corrected chi connectivity index (χ1v) is 17.8. The van der Waals surface area contributed by atoms with Crippen LogP contribution in [0.3, 0.4) is 0 Å². The molecule has 0 atom stereocenters. The Hall–Kier alpha value is -7.04. The first-order valence-electron chi connectivity index (χ1n) is 17.8. The number of fused-ring (bicyclic) bond motifs is 7. The van der Waals surface area contributed by atoms with Gasteiger partial charge in [0.25, 0.3) is 0 Å². The van der Waals surface area contributed by atoms with Gasteiger partial charge in [0.1, 0.15) is 0 Å². The van der Waals surface area contributed by atoms with Crippen LogP contribution in [0.1, 0.15) is 0 Å². The van der Waals surface area contributed by atoms with Crippen LogP contribution in [0, 0.1) is 0 Å². The van der Waals surface area contributed by atoms with E-state index in [-0.39, 0.29) is 0 Å². The standard InChI is InChI=1S/C48H28N4/c1-2-14-32(15-3-1)51-40-21-10-18-36-43-37(48-49-38-19-8-6-17-35(38)46(50-48)31-25-24-29-12-4-5-13-30(29)28-31)27-26-34-33-16-7-9-20-39(33)52(47(34)43)42-23-11-22-41(51)45(42)44(36)40/h1-28H. The second-order valence-corrected chi connectivity index (χ2v) is 13.8. The molecule has 4 aromatic heterocycles. The summed E-state index contributed by atoms with van der Waals surface area (Å²) in [5.74, 6) is 0.720. The van der Waals surface area contributed by atoms with Crippen molar-refractivity contribution in [2.24, 2.45) is 0 Å². The number of nitrogens with zero attached hydrogens (tertiary/aromatic N) is 4. The van der Waals surface area contributed by atoms with Crippen molar-refractivity contribution in [3.63, 3.8) is 0 Å². The topological polar surface area (TPSA) is 35.1 Å². The highest BCUT2D eigenvalue weighted by molar-refractivity contribution is 6.33. The molecule has 4 heteroatoms. The van der Waals surface area contributed by atoms with Crippen molar-refractivity contribution < 1.29 is 0 Å². The van der Waals surface area contributed by atoms with Gasteiger partial charge in [0.2, 0.25) is 0 Å². The van der Waals surface area contributed by atoms with Gasteiger partial charge >= 0.3 is 0 Å². The Balaban J connectivity index is 1.29. The van der Waals surface area contributed by atoms with Gasteiger partial charge in [-0.3, -0.25) is 0 Å². The SMILES string of the molecule is c1ccc(-n2c3cccc4c5c(-c6nc(-c7ccc8ccccc8c7)c7ccccc7n6)ccc6c7ccccc7n(c7cccc2c7c43)c65)cc1. The lowest BCUT2D eigenvalue weighted by Gasteiger charge is -2.13. The molecule has 0 spiro atoms. The fourth-order valence-electron chi connectivity index (χ4n) is 8.86. The van der Waals surface area contributed by atoms with Crippen molar-refractivity contribution in [1.29, 1.82) is 0 Å². The van der Waals surface area contributed by atoms with Crippen molar-refractivity contribution in [3.05, 3.63) is 170 Å². The van der Waals surface area contributed by atoms with E-state index in [0.29, 0.717) is 0 Å². The Morgan fingerprint density at radius 2 is 1.10 bits per heavy atom. The number of hydrogen-bond donors (Lipinski definition) is 0. The molecule has 8 aromatic carbocycles. The van der Waals surface area contributed by atoms with E-state index in [1.54, 1.807) is 0 Å². The average molecular weight is 661 g/mol. The van der Waals surface area contributed by atoms with Crippen molar-refractivity contribution in [2.75, 3.05) is 0 Å². The van der Waals surface area contributed by atoms with Crippen LogP contribution in [-0.4, -0.2) is 18.9 Å². The lowest BCUT2D eigenvalue weighted by Crippen LogP contribution is -1.97. The van der Waals surface area contributed by atoms with Crippen LogP contribution in [0.5, 0.6) is 0 Å². The first-order chi connectivity index (χ1) is 25.8. The van der Waals surface area contributed by atoms with Gasteiger partial charge in [-0.15, -0.1) is 0 Å². The summed E-state index contributed by atoms with van der Waals surface area (Å²) < 4.78 is 4.91. The van der Waals surface area contributed by atoms with Crippen LogP contribution in [0.15, 0.2) is 170 Å². The highest BCUT2D eigenvalue weighted by Gasteiger charge is 2.24. The minimum Gasteiger partial charge on any atom is -0.309 e. The van der Waals surface area contributed by atoms with E-state index < -0.39 is 0 Å². The van der Waals surface area contributed by atoms with Crippen LogP contribution >= 0.6 is 0 Å². The molecule has 0 fully saturated rings. The van der Waals surface area contributed by atoms with E-state index in [1.807, 2.05) is 0 Å². The summed E-state index contributed by atoms with van der Waals surface area (Å²) in [4.78, 5) is 10.8. The molecule has 0 aliphatic heterocycles. The molecule has 0 aliphatic carbocycles. The molecule has 240 valence electrons. The number of aromatic nitrogens is 4. The zero-order chi connectivity index (χ0) is 33.9. The Labute approximate surface area is 297 Å². The van der Waals surface area contributed by atoms with Crippen LogP contribution in [0.4, 0.5) is 0 Å². The minimum absolute atomic E-state index is 0.720. The molecule has 0 unspecified atom stereocenters. The van der Waals surface area contributed by atoms with Crippen LogP contribution in [-0.2, 0) is 0 Å². The Morgan fingerprint density at radius 3 is 2.00 bits per heavy atom. The Kier molecular flexibility index (Phi) is 5.47. The van der Waals surface area contributed by atoms with Gasteiger partial charge in [-0.1, -0.05) is 115 Å². The predicted molar refractivity (Wildman–Crippen MR) is 217 cm³/mol. The molecule has 0 saturated carbocycles. The lowest BCUT2D eigenvalue weighted by molar-refractivity contribution is 1.18. The highest BCUT2D eigenvalue weighted by Crippen LogP contribution is 2.46. The average Bonchev–Trinajstić information content (AvgIpc) is 3.69. The van der Waals surface area contributed by atoms with Gasteiger partial charge in [0, 0.05) is 49.1 Å². The first kappa shape index (κ1) is 27.7. The maximum absolute atomic E-state index is 5.49. The molecular formula is C48H28N4. The fourth-order valence-corrected chi connectivity index (χ4v) is 8.86. The predicted octanol–water partition coefficient (Wildman–Crippen LogP) is 12.4. The molecule has 0 amide bonds. The molecule has 4 nitrogen and oxygen atoms in total. The summed E-state index contributed by atoms with van der Waals surface area (Å²) >= 11 is 0. The van der Waals surface area contributed by atoms with Crippen molar-refractivity contribution >= 4 is 81.6 Å². The zero-order valence-electron chi connectivity index (χ0n) is 28.0. The van der Waals surface area contributed by atoms with Gasteiger partial charge in [-0.2, -0.15) is 0 Å². The van der Waals surface area contributed by atoms with Crippen molar-refractivity contribution in [1.82, 2.24) is 18.9 Å². The molecule has 4 heterocycles. The maximum atomic E-state index is 5.49. The van der Waals surface area contributed by atoms with Crippen LogP contribution < -0.4 is 0 Å². The van der Waals surface area contributed by atoms with Gasteiger partial charge < -0.3 is 8.97 Å². The van der Waals surface area contributed by atoms with Gasteiger partial charge in [-0.05, 0) is 70.8 Å². The Morgan fingerprint density at radius 1 is 0.404 bits per heavy atom. The van der Waals surface area contributed by atoms with E-state index in [2.05, 4.69) is 179 Å². The normalized spacial score (nSPS) is 12.2. The zero-order valence-corrected chi connectivity index (χ0v) is 28.0. The maximum Gasteiger partial charge on any atom is 0.161 e. The molecule has 12 rings (SSSR count). The Bertz CT molecular complexity index is 3410. The summed E-state index contributed by atoms with van der Waals surface area (Å²) in [5.41, 5.74) is 11.0. The number of rotatable bonds is 3. The molecule has 0 N–H and O–H groups in total. The van der Waals surface area contributed by atoms with Gasteiger partial charge in [-0.25, -0.2) is 9.97 Å². The largest absolute Gasteiger partial charge is 0.309 e. The van der Waals surface area contributed by atoms with E-state index in [9.17, 15) is 0 Å². The second kappa shape index (κ2) is 10.3. The van der Waals surface area contributed by atoms with Crippen molar-refractivity contribution in [3.8, 4) is 28.3 Å². The third kappa shape index (κ3) is 3.65. The molecule has 0 aliphatic rings. The number of para-hydroxylation sites is 3. The van der Waals surface area contributed by atoms with Crippen LogP contribution in [0.2, 0.25) is 0 Å². The summed E-state index contributed by atoms with van der Waals surface area (Å²) in [5, 5.41) is 10.7. The van der Waals surface area contributed by atoms with E-state index in [0.717, 1.165) is 44.6 Å². The molecule has 12 aromatic rings. The van der Waals surface area contributed by atoms with Gasteiger partial charge in [0.15, 0.2) is 5.82 Å². The summed E-state index contributed by atoms with van der Waals surface area (Å²) in [6.45, 7) is 0. The minimum atomic E-state index is 0.720. The smallest absolute Gasteiger partial charge is 0.161 e. The summed E-state index contributed by atoms with van der Waals surface area (Å²) in [6, 6.07) is 61.1. The summed E-state index contributed by atoms with van der Waals surface area (Å²) in [7, 11) is 0. The highest BCUT2D eigenvalue weighted by atomic mass is 15.0. The molecular weight excluding hydrogens is 633 g/mol. The third-order valence-electron chi connectivity index (χ3n) is 11.0. The van der Waals surface area contributed by atoms with Crippen LogP contribution in [0.25, 0.3) is 110 Å². The molecule has 0 saturated heterocycles. The van der Waals surface area contributed by atoms with E-state index in [4.69, 9.17) is 9.97 Å². The molecule has 0 bridgehead atoms. The third-order valence-corrected chi connectivity index (χ3v) is 11.0. The number of hydrogen-bond acceptors (Lipinski definition) is 2. The lowest BCUT2D eigenvalue weighted by atomic mass is 9.98. The second-order valence-electron chi connectivity index (χ2n) is 13.8. The fraction of sp³-hybridized carbons (Fsp3) is 0. The monoisotopic (exact) mass is 660 g/mol. The molecule has 52 heavy (non-hydrogen) atoms.